The maximum absolute atomic E-state index is 13.4. The molecular formula is C23H20ClF3N2O4S. The third-order valence-electron chi connectivity index (χ3n) is 4.82. The van der Waals surface area contributed by atoms with Crippen LogP contribution in [0.25, 0.3) is 0 Å². The second kappa shape index (κ2) is 10.5. The number of carbonyl (C=O) groups excluding carboxylic acids is 1. The van der Waals surface area contributed by atoms with E-state index in [-0.39, 0.29) is 22.1 Å². The highest BCUT2D eigenvalue weighted by Crippen LogP contribution is 2.34. The molecule has 0 radical (unpaired) electrons. The number of amides is 1. The lowest BCUT2D eigenvalue weighted by molar-refractivity contribution is -0.137. The third-order valence-corrected chi connectivity index (χ3v) is 6.59. The van der Waals surface area contributed by atoms with Gasteiger partial charge >= 0.3 is 6.18 Å². The molecule has 0 aliphatic heterocycles. The zero-order valence-corrected chi connectivity index (χ0v) is 19.3. The van der Waals surface area contributed by atoms with Crippen LogP contribution in [0.3, 0.4) is 0 Å². The van der Waals surface area contributed by atoms with Gasteiger partial charge in [-0.3, -0.25) is 4.79 Å². The van der Waals surface area contributed by atoms with E-state index in [1.807, 2.05) is 0 Å². The van der Waals surface area contributed by atoms with Gasteiger partial charge in [-0.05, 0) is 42.3 Å². The van der Waals surface area contributed by atoms with Gasteiger partial charge in [-0.1, -0.05) is 54.1 Å². The molecule has 1 amide bonds. The molecular weight excluding hydrogens is 493 g/mol. The van der Waals surface area contributed by atoms with Crippen LogP contribution in [0, 0.1) is 0 Å². The number of halogens is 4. The Hall–Kier alpha value is -3.08. The van der Waals surface area contributed by atoms with Gasteiger partial charge in [0.2, 0.25) is 15.9 Å². The molecule has 3 aromatic rings. The fraction of sp³-hybridized carbons (Fsp3) is 0.174. The predicted octanol–water partition coefficient (Wildman–Crippen LogP) is 4.90. The Morgan fingerprint density at radius 2 is 1.68 bits per heavy atom. The zero-order chi connectivity index (χ0) is 24.9. The van der Waals surface area contributed by atoms with Crippen molar-refractivity contribution in [3.63, 3.8) is 0 Å². The molecule has 1 unspecified atom stereocenters. The van der Waals surface area contributed by atoms with Crippen LogP contribution in [0.5, 0.6) is 5.75 Å². The number of anilines is 1. The number of para-hydroxylation sites is 1. The number of carbonyl (C=O) groups is 1. The van der Waals surface area contributed by atoms with Gasteiger partial charge in [-0.2, -0.15) is 17.9 Å². The Balaban J connectivity index is 1.93. The molecule has 0 aromatic heterocycles. The molecule has 3 aromatic carbocycles. The molecule has 0 heterocycles. The largest absolute Gasteiger partial charge is 0.495 e. The summed E-state index contributed by atoms with van der Waals surface area (Å²) in [5.41, 5.74) is -0.932. The summed E-state index contributed by atoms with van der Waals surface area (Å²) in [6.45, 7) is 0. The number of benzene rings is 3. The van der Waals surface area contributed by atoms with Crippen LogP contribution in [0.4, 0.5) is 18.9 Å². The van der Waals surface area contributed by atoms with E-state index in [0.29, 0.717) is 5.56 Å². The molecule has 2 N–H and O–H groups in total. The molecule has 34 heavy (non-hydrogen) atoms. The highest BCUT2D eigenvalue weighted by atomic mass is 35.5. The van der Waals surface area contributed by atoms with E-state index in [9.17, 15) is 26.4 Å². The first-order valence-electron chi connectivity index (χ1n) is 9.88. The van der Waals surface area contributed by atoms with Crippen LogP contribution in [-0.4, -0.2) is 27.5 Å². The molecule has 6 nitrogen and oxygen atoms in total. The monoisotopic (exact) mass is 512 g/mol. The van der Waals surface area contributed by atoms with Crippen molar-refractivity contribution < 1.29 is 31.1 Å². The Labute approximate surface area is 199 Å². The van der Waals surface area contributed by atoms with Crippen molar-refractivity contribution in [3.8, 4) is 5.75 Å². The molecule has 180 valence electrons. The second-order valence-corrected chi connectivity index (χ2v) is 9.31. The van der Waals surface area contributed by atoms with E-state index in [1.165, 1.54) is 31.4 Å². The van der Waals surface area contributed by atoms with Gasteiger partial charge in [0, 0.05) is 0 Å². The van der Waals surface area contributed by atoms with Crippen LogP contribution in [0.1, 0.15) is 11.1 Å². The Morgan fingerprint density at radius 1 is 1.03 bits per heavy atom. The molecule has 3 rings (SSSR count). The predicted molar refractivity (Wildman–Crippen MR) is 122 cm³/mol. The topological polar surface area (TPSA) is 84.5 Å². The van der Waals surface area contributed by atoms with E-state index in [1.54, 1.807) is 30.3 Å². The summed E-state index contributed by atoms with van der Waals surface area (Å²) in [4.78, 5) is 12.8. The summed E-state index contributed by atoms with van der Waals surface area (Å²) in [5.74, 6) is -0.702. The first kappa shape index (κ1) is 25.5. The van der Waals surface area contributed by atoms with Crippen LogP contribution in [0.15, 0.2) is 77.7 Å². The van der Waals surface area contributed by atoms with E-state index >= 15 is 0 Å². The molecule has 0 spiro atoms. The van der Waals surface area contributed by atoms with E-state index < -0.39 is 39.4 Å². The second-order valence-electron chi connectivity index (χ2n) is 7.19. The number of hydrogen-bond donors (Lipinski definition) is 2. The first-order chi connectivity index (χ1) is 16.0. The molecule has 0 bridgehead atoms. The van der Waals surface area contributed by atoms with Gasteiger partial charge in [0.15, 0.2) is 0 Å². The standard InChI is InChI=1S/C23H20ClF3N2O4S/c1-33-21-12-11-16(14-18(21)24)34(31,32)29-20(13-15-7-3-2-4-8-15)22(30)28-19-10-6-5-9-17(19)23(25,26)27/h2-12,14,20,29H,13H2,1H3,(H,28,30). The van der Waals surface area contributed by atoms with Gasteiger partial charge < -0.3 is 10.1 Å². The average Bonchev–Trinajstić information content (AvgIpc) is 2.78. The minimum atomic E-state index is -4.71. The third kappa shape index (κ3) is 6.28. The fourth-order valence-corrected chi connectivity index (χ4v) is 4.71. The maximum atomic E-state index is 13.4. The molecule has 0 fully saturated rings. The highest BCUT2D eigenvalue weighted by Gasteiger charge is 2.34. The minimum Gasteiger partial charge on any atom is -0.495 e. The summed E-state index contributed by atoms with van der Waals surface area (Å²) < 4.78 is 73.3. The summed E-state index contributed by atoms with van der Waals surface area (Å²) in [6.07, 6.45) is -4.82. The van der Waals surface area contributed by atoms with Gasteiger partial charge in [0.25, 0.3) is 0 Å². The number of rotatable bonds is 8. The molecule has 0 aliphatic carbocycles. The van der Waals surface area contributed by atoms with Crippen molar-refractivity contribution in [2.45, 2.75) is 23.5 Å². The number of nitrogens with one attached hydrogen (secondary N) is 2. The van der Waals surface area contributed by atoms with Gasteiger partial charge in [-0.15, -0.1) is 0 Å². The molecule has 0 saturated heterocycles. The van der Waals surface area contributed by atoms with Gasteiger partial charge in [0.1, 0.15) is 11.8 Å². The van der Waals surface area contributed by atoms with Crippen molar-refractivity contribution in [3.05, 3.63) is 88.9 Å². The van der Waals surface area contributed by atoms with Gasteiger partial charge in [-0.25, -0.2) is 8.42 Å². The number of methoxy groups -OCH3 is 1. The fourth-order valence-electron chi connectivity index (χ4n) is 3.17. The number of hydrogen-bond acceptors (Lipinski definition) is 4. The van der Waals surface area contributed by atoms with Crippen LogP contribution in [0.2, 0.25) is 5.02 Å². The van der Waals surface area contributed by atoms with E-state index in [2.05, 4.69) is 10.0 Å². The summed E-state index contributed by atoms with van der Waals surface area (Å²) in [5, 5.41) is 2.24. The Bertz CT molecular complexity index is 1270. The number of alkyl halides is 3. The van der Waals surface area contributed by atoms with Crippen molar-refractivity contribution >= 4 is 33.2 Å². The lowest BCUT2D eigenvalue weighted by Gasteiger charge is -2.20. The lowest BCUT2D eigenvalue weighted by atomic mass is 10.1. The zero-order valence-electron chi connectivity index (χ0n) is 17.8. The van der Waals surface area contributed by atoms with Gasteiger partial charge in [0.05, 0.1) is 28.3 Å². The van der Waals surface area contributed by atoms with Crippen LogP contribution < -0.4 is 14.8 Å². The lowest BCUT2D eigenvalue weighted by Crippen LogP contribution is -2.45. The summed E-state index contributed by atoms with van der Waals surface area (Å²) >= 11 is 6.03. The van der Waals surface area contributed by atoms with E-state index in [0.717, 1.165) is 18.2 Å². The maximum Gasteiger partial charge on any atom is 0.418 e. The first-order valence-corrected chi connectivity index (χ1v) is 11.7. The SMILES string of the molecule is COc1ccc(S(=O)(=O)NC(Cc2ccccc2)C(=O)Nc2ccccc2C(F)(F)F)cc1Cl. The van der Waals surface area contributed by atoms with Crippen molar-refractivity contribution in [2.75, 3.05) is 12.4 Å². The number of ether oxygens (including phenoxy) is 1. The summed E-state index contributed by atoms with van der Waals surface area (Å²) in [7, 11) is -2.91. The van der Waals surface area contributed by atoms with Crippen molar-refractivity contribution in [1.82, 2.24) is 4.72 Å². The van der Waals surface area contributed by atoms with E-state index in [4.69, 9.17) is 16.3 Å². The average molecular weight is 513 g/mol. The Morgan fingerprint density at radius 3 is 2.29 bits per heavy atom. The molecule has 0 aliphatic rings. The molecule has 0 saturated carbocycles. The van der Waals surface area contributed by atoms with Crippen molar-refractivity contribution in [1.29, 1.82) is 0 Å². The smallest absolute Gasteiger partial charge is 0.418 e. The highest BCUT2D eigenvalue weighted by molar-refractivity contribution is 7.89. The normalized spacial score (nSPS) is 12.7. The van der Waals surface area contributed by atoms with Crippen LogP contribution in [-0.2, 0) is 27.4 Å². The number of sulfonamides is 1. The van der Waals surface area contributed by atoms with Crippen LogP contribution >= 0.6 is 11.6 Å². The van der Waals surface area contributed by atoms with Crippen molar-refractivity contribution in [2.24, 2.45) is 0 Å². The molecule has 11 heteroatoms. The molecule has 1 atom stereocenters. The Kier molecular flexibility index (Phi) is 7.86. The quantitative estimate of drug-likeness (QED) is 0.450. The minimum absolute atomic E-state index is 0.0357. The summed E-state index contributed by atoms with van der Waals surface area (Å²) in [6, 6.07) is 15.2.